The number of aromatic nitrogens is 2. The van der Waals surface area contributed by atoms with Crippen LogP contribution in [-0.2, 0) is 0 Å². The van der Waals surface area contributed by atoms with Crippen LogP contribution in [0, 0.1) is 10.5 Å². The number of benzene rings is 1. The molecule has 0 radical (unpaired) electrons. The number of aromatic amines is 1. The summed E-state index contributed by atoms with van der Waals surface area (Å²) in [6.07, 6.45) is 1.61. The molecule has 2 rings (SSSR count). The van der Waals surface area contributed by atoms with Gasteiger partial charge in [0.15, 0.2) is 0 Å². The van der Waals surface area contributed by atoms with Crippen molar-refractivity contribution in [2.45, 2.75) is 6.92 Å². The number of hydrogen-bond acceptors (Lipinski definition) is 2. The van der Waals surface area contributed by atoms with Crippen molar-refractivity contribution in [2.75, 3.05) is 5.32 Å². The molecule has 1 aromatic heterocycles. The topological polar surface area (TPSA) is 57.8 Å². The van der Waals surface area contributed by atoms with E-state index in [4.69, 9.17) is 0 Å². The molecule has 1 aromatic carbocycles. The van der Waals surface area contributed by atoms with Gasteiger partial charge in [0, 0.05) is 4.47 Å². The molecule has 0 aliphatic heterocycles. The molecule has 2 N–H and O–H groups in total. The molecule has 88 valence electrons. The molecule has 0 fully saturated rings. The minimum Gasteiger partial charge on any atom is -0.320 e. The Labute approximate surface area is 120 Å². The molecular formula is C11H9BrIN3O. The molecular weight excluding hydrogens is 397 g/mol. The number of rotatable bonds is 2. The van der Waals surface area contributed by atoms with Crippen LogP contribution in [-0.4, -0.2) is 16.1 Å². The third-order valence-corrected chi connectivity index (χ3v) is 3.67. The second-order valence-corrected chi connectivity index (χ2v) is 5.55. The number of carbonyl (C=O) groups is 1. The van der Waals surface area contributed by atoms with Crippen LogP contribution in [0.4, 0.5) is 5.69 Å². The lowest BCUT2D eigenvalue weighted by atomic mass is 10.2. The molecule has 0 saturated heterocycles. The van der Waals surface area contributed by atoms with Crippen LogP contribution in [0.5, 0.6) is 0 Å². The van der Waals surface area contributed by atoms with Gasteiger partial charge < -0.3 is 5.32 Å². The zero-order valence-corrected chi connectivity index (χ0v) is 12.7. The van der Waals surface area contributed by atoms with Gasteiger partial charge in [-0.25, -0.2) is 0 Å². The van der Waals surface area contributed by atoms with Gasteiger partial charge in [0.2, 0.25) is 0 Å². The smallest absolute Gasteiger partial charge is 0.274 e. The van der Waals surface area contributed by atoms with Crippen molar-refractivity contribution >= 4 is 50.1 Å². The third kappa shape index (κ3) is 2.86. The van der Waals surface area contributed by atoms with Crippen molar-refractivity contribution in [2.24, 2.45) is 0 Å². The van der Waals surface area contributed by atoms with Gasteiger partial charge >= 0.3 is 0 Å². The Bertz CT molecular complexity index is 568. The van der Waals surface area contributed by atoms with Crippen LogP contribution in [0.15, 0.2) is 28.9 Å². The van der Waals surface area contributed by atoms with E-state index in [9.17, 15) is 4.79 Å². The van der Waals surface area contributed by atoms with E-state index in [2.05, 4.69) is 54.0 Å². The fraction of sp³-hybridized carbons (Fsp3) is 0.0909. The summed E-state index contributed by atoms with van der Waals surface area (Å²) in [5.41, 5.74) is 2.34. The van der Waals surface area contributed by atoms with Crippen LogP contribution < -0.4 is 5.32 Å². The number of amides is 1. The minimum absolute atomic E-state index is 0.198. The fourth-order valence-corrected chi connectivity index (χ4v) is 2.43. The Balaban J connectivity index is 2.22. The molecule has 1 amide bonds. The highest BCUT2D eigenvalue weighted by Crippen LogP contribution is 2.24. The first-order valence-corrected chi connectivity index (χ1v) is 6.71. The molecule has 0 spiro atoms. The third-order valence-electron chi connectivity index (χ3n) is 2.19. The number of nitrogens with zero attached hydrogens (tertiary/aromatic N) is 1. The number of nitrogens with one attached hydrogen (secondary N) is 2. The summed E-state index contributed by atoms with van der Waals surface area (Å²) in [7, 11) is 0. The quantitative estimate of drug-likeness (QED) is 0.753. The average molecular weight is 406 g/mol. The molecule has 0 atom stereocenters. The number of carbonyl (C=O) groups excluding carboxylic acids is 1. The molecule has 1 heterocycles. The molecule has 2 aromatic rings. The van der Waals surface area contributed by atoms with E-state index >= 15 is 0 Å². The molecule has 0 saturated carbocycles. The van der Waals surface area contributed by atoms with Gasteiger partial charge in [-0.05, 0) is 63.1 Å². The normalized spacial score (nSPS) is 10.3. The molecule has 0 aliphatic carbocycles. The van der Waals surface area contributed by atoms with Crippen molar-refractivity contribution in [3.8, 4) is 0 Å². The summed E-state index contributed by atoms with van der Waals surface area (Å²) in [6, 6.07) is 5.76. The average Bonchev–Trinajstić information content (AvgIpc) is 2.68. The van der Waals surface area contributed by atoms with Gasteiger partial charge in [0.25, 0.3) is 5.91 Å². The maximum atomic E-state index is 11.9. The maximum absolute atomic E-state index is 11.9. The Hall–Kier alpha value is -0.890. The summed E-state index contributed by atoms with van der Waals surface area (Å²) >= 11 is 5.48. The van der Waals surface area contributed by atoms with Crippen LogP contribution in [0.3, 0.4) is 0 Å². The summed E-state index contributed by atoms with van der Waals surface area (Å²) in [5, 5.41) is 9.31. The Morgan fingerprint density at radius 2 is 2.29 bits per heavy atom. The number of hydrogen-bond donors (Lipinski definition) is 2. The molecule has 4 nitrogen and oxygen atoms in total. The van der Waals surface area contributed by atoms with Gasteiger partial charge in [-0.1, -0.05) is 6.07 Å². The van der Waals surface area contributed by atoms with Gasteiger partial charge in [-0.3, -0.25) is 9.89 Å². The highest BCUT2D eigenvalue weighted by atomic mass is 127. The van der Waals surface area contributed by atoms with E-state index in [1.165, 1.54) is 0 Å². The van der Waals surface area contributed by atoms with E-state index in [-0.39, 0.29) is 5.91 Å². The van der Waals surface area contributed by atoms with Gasteiger partial charge in [-0.15, -0.1) is 0 Å². The zero-order chi connectivity index (χ0) is 12.4. The Kier molecular flexibility index (Phi) is 3.82. The number of aryl methyl sites for hydroxylation is 1. The predicted octanol–water partition coefficient (Wildman–Crippen LogP) is 3.34. The lowest BCUT2D eigenvalue weighted by Gasteiger charge is -2.07. The standard InChI is InChI=1S/C11H9BrIN3O/c1-6-2-3-9(7(12)4-6)15-11(17)10-8(13)5-14-16-10/h2-5H,1H3,(H,14,16)(H,15,17). The van der Waals surface area contributed by atoms with Gasteiger partial charge in [0.1, 0.15) is 5.69 Å². The largest absolute Gasteiger partial charge is 0.320 e. The van der Waals surface area contributed by atoms with Gasteiger partial charge in [-0.2, -0.15) is 5.10 Å². The van der Waals surface area contributed by atoms with Crippen LogP contribution >= 0.6 is 38.5 Å². The molecule has 17 heavy (non-hydrogen) atoms. The van der Waals surface area contributed by atoms with Crippen molar-refractivity contribution < 1.29 is 4.79 Å². The van der Waals surface area contributed by atoms with E-state index in [0.29, 0.717) is 5.69 Å². The number of anilines is 1. The van der Waals surface area contributed by atoms with Crippen molar-refractivity contribution in [1.82, 2.24) is 10.2 Å². The first-order valence-electron chi connectivity index (χ1n) is 4.84. The van der Waals surface area contributed by atoms with Gasteiger partial charge in [0.05, 0.1) is 15.5 Å². The second kappa shape index (κ2) is 5.18. The van der Waals surface area contributed by atoms with Crippen LogP contribution in [0.2, 0.25) is 0 Å². The van der Waals surface area contributed by atoms with Crippen molar-refractivity contribution in [1.29, 1.82) is 0 Å². The van der Waals surface area contributed by atoms with Crippen LogP contribution in [0.1, 0.15) is 16.1 Å². The Morgan fingerprint density at radius 1 is 1.53 bits per heavy atom. The van der Waals surface area contributed by atoms with E-state index in [0.717, 1.165) is 19.3 Å². The second-order valence-electron chi connectivity index (χ2n) is 3.53. The van der Waals surface area contributed by atoms with E-state index < -0.39 is 0 Å². The summed E-state index contributed by atoms with van der Waals surface area (Å²) < 4.78 is 1.66. The maximum Gasteiger partial charge on any atom is 0.274 e. The first kappa shape index (κ1) is 12.6. The summed E-state index contributed by atoms with van der Waals surface area (Å²) in [5.74, 6) is -0.198. The SMILES string of the molecule is Cc1ccc(NC(=O)c2[nH]ncc2I)c(Br)c1. The molecule has 0 aliphatic rings. The summed E-state index contributed by atoms with van der Waals surface area (Å²) in [4.78, 5) is 11.9. The summed E-state index contributed by atoms with van der Waals surface area (Å²) in [6.45, 7) is 1.99. The van der Waals surface area contributed by atoms with Crippen LogP contribution in [0.25, 0.3) is 0 Å². The lowest BCUT2D eigenvalue weighted by molar-refractivity contribution is 0.102. The number of H-pyrrole nitrogens is 1. The fourth-order valence-electron chi connectivity index (χ4n) is 1.34. The lowest BCUT2D eigenvalue weighted by Crippen LogP contribution is -2.14. The van der Waals surface area contributed by atoms with E-state index in [1.807, 2.05) is 25.1 Å². The van der Waals surface area contributed by atoms with E-state index in [1.54, 1.807) is 6.20 Å². The monoisotopic (exact) mass is 405 g/mol. The highest BCUT2D eigenvalue weighted by Gasteiger charge is 2.13. The molecule has 6 heteroatoms. The highest BCUT2D eigenvalue weighted by molar-refractivity contribution is 14.1. The van der Waals surface area contributed by atoms with Crippen molar-refractivity contribution in [3.63, 3.8) is 0 Å². The minimum atomic E-state index is -0.198. The predicted molar refractivity (Wildman–Crippen MR) is 78.1 cm³/mol. The number of halogens is 2. The first-order chi connectivity index (χ1) is 8.08. The van der Waals surface area contributed by atoms with Crippen molar-refractivity contribution in [3.05, 3.63) is 43.7 Å². The Morgan fingerprint density at radius 3 is 2.88 bits per heavy atom. The molecule has 0 unspecified atom stereocenters. The molecule has 0 bridgehead atoms. The zero-order valence-electron chi connectivity index (χ0n) is 8.92.